The summed E-state index contributed by atoms with van der Waals surface area (Å²) < 4.78 is 0.839. The number of piperidine rings is 1. The van der Waals surface area contributed by atoms with Crippen LogP contribution in [0.1, 0.15) is 18.4 Å². The van der Waals surface area contributed by atoms with Crippen molar-refractivity contribution in [3.8, 4) is 0 Å². The molecule has 5 nitrogen and oxygen atoms in total. The highest BCUT2D eigenvalue weighted by molar-refractivity contribution is 9.10. The van der Waals surface area contributed by atoms with Crippen molar-refractivity contribution in [2.75, 3.05) is 18.4 Å². The van der Waals surface area contributed by atoms with Crippen molar-refractivity contribution in [1.82, 2.24) is 4.90 Å². The summed E-state index contributed by atoms with van der Waals surface area (Å²) in [6.45, 7) is 2.94. The van der Waals surface area contributed by atoms with Crippen molar-refractivity contribution < 1.29 is 14.7 Å². The van der Waals surface area contributed by atoms with Crippen LogP contribution in [0.15, 0.2) is 22.7 Å². The highest BCUT2D eigenvalue weighted by Gasteiger charge is 2.27. The predicted octanol–water partition coefficient (Wildman–Crippen LogP) is 3.09. The van der Waals surface area contributed by atoms with E-state index in [1.54, 1.807) is 4.90 Å². The third-order valence-electron chi connectivity index (χ3n) is 3.50. The topological polar surface area (TPSA) is 69.6 Å². The Morgan fingerprint density at radius 2 is 2.00 bits per heavy atom. The third kappa shape index (κ3) is 3.50. The Hall–Kier alpha value is -1.56. The standard InChI is InChI=1S/C14H17BrN2O3/c1-9-2-3-12(11(15)8-9)16-14(20)17-6-4-10(5-7-17)13(18)19/h2-3,8,10H,4-7H2,1H3,(H,16,20)(H,18,19). The first-order valence-electron chi connectivity index (χ1n) is 6.52. The van der Waals surface area contributed by atoms with E-state index in [4.69, 9.17) is 5.11 Å². The zero-order valence-electron chi connectivity index (χ0n) is 11.2. The van der Waals surface area contributed by atoms with E-state index in [0.717, 1.165) is 15.7 Å². The summed E-state index contributed by atoms with van der Waals surface area (Å²) in [5.41, 5.74) is 1.83. The molecule has 1 fully saturated rings. The Morgan fingerprint density at radius 1 is 1.35 bits per heavy atom. The molecule has 2 amide bonds. The van der Waals surface area contributed by atoms with Crippen LogP contribution in [0.2, 0.25) is 0 Å². The molecular weight excluding hydrogens is 324 g/mol. The van der Waals surface area contributed by atoms with E-state index in [2.05, 4.69) is 21.2 Å². The maximum Gasteiger partial charge on any atom is 0.321 e. The summed E-state index contributed by atoms with van der Waals surface area (Å²) in [6.07, 6.45) is 1.02. The number of aryl methyl sites for hydroxylation is 1. The molecule has 0 radical (unpaired) electrons. The van der Waals surface area contributed by atoms with Gasteiger partial charge in [0.25, 0.3) is 0 Å². The molecule has 1 aliphatic heterocycles. The van der Waals surface area contributed by atoms with Gasteiger partial charge in [0.2, 0.25) is 0 Å². The van der Waals surface area contributed by atoms with Gasteiger partial charge in [-0.2, -0.15) is 0 Å². The monoisotopic (exact) mass is 340 g/mol. The van der Waals surface area contributed by atoms with Crippen molar-refractivity contribution in [1.29, 1.82) is 0 Å². The molecule has 6 heteroatoms. The van der Waals surface area contributed by atoms with E-state index < -0.39 is 5.97 Å². The molecule has 0 spiro atoms. The fraction of sp³-hybridized carbons (Fsp3) is 0.429. The number of hydrogen-bond donors (Lipinski definition) is 2. The summed E-state index contributed by atoms with van der Waals surface area (Å²) in [7, 11) is 0. The number of halogens is 1. The Bertz CT molecular complexity index is 525. The Labute approximate surface area is 126 Å². The predicted molar refractivity (Wildman–Crippen MR) is 79.8 cm³/mol. The van der Waals surface area contributed by atoms with Gasteiger partial charge < -0.3 is 15.3 Å². The number of anilines is 1. The van der Waals surface area contributed by atoms with Crippen LogP contribution < -0.4 is 5.32 Å². The molecule has 20 heavy (non-hydrogen) atoms. The Kier molecular flexibility index (Phi) is 4.65. The SMILES string of the molecule is Cc1ccc(NC(=O)N2CCC(C(=O)O)CC2)c(Br)c1. The number of amides is 2. The summed E-state index contributed by atoms with van der Waals surface area (Å²) >= 11 is 3.42. The van der Waals surface area contributed by atoms with E-state index >= 15 is 0 Å². The lowest BCUT2D eigenvalue weighted by Gasteiger charge is -2.30. The number of hydrogen-bond acceptors (Lipinski definition) is 2. The molecule has 1 aromatic carbocycles. The van der Waals surface area contributed by atoms with Crippen LogP contribution in [0.25, 0.3) is 0 Å². The van der Waals surface area contributed by atoms with Crippen LogP contribution in [0, 0.1) is 12.8 Å². The maximum absolute atomic E-state index is 12.1. The number of carbonyl (C=O) groups is 2. The van der Waals surface area contributed by atoms with Gasteiger partial charge in [-0.1, -0.05) is 6.07 Å². The number of aliphatic carboxylic acids is 1. The zero-order valence-corrected chi connectivity index (χ0v) is 12.8. The van der Waals surface area contributed by atoms with Gasteiger partial charge in [0, 0.05) is 17.6 Å². The molecule has 1 saturated heterocycles. The van der Waals surface area contributed by atoms with Crippen LogP contribution in [-0.4, -0.2) is 35.1 Å². The fourth-order valence-electron chi connectivity index (χ4n) is 2.25. The van der Waals surface area contributed by atoms with Gasteiger partial charge in [-0.3, -0.25) is 4.79 Å². The van der Waals surface area contributed by atoms with E-state index in [1.165, 1.54) is 0 Å². The zero-order chi connectivity index (χ0) is 14.7. The third-order valence-corrected chi connectivity index (χ3v) is 4.15. The van der Waals surface area contributed by atoms with Gasteiger partial charge in [-0.25, -0.2) is 4.79 Å². The molecule has 2 N–H and O–H groups in total. The summed E-state index contributed by atoms with van der Waals surface area (Å²) in [5, 5.41) is 11.8. The molecule has 0 atom stereocenters. The van der Waals surface area contributed by atoms with Crippen LogP contribution in [0.3, 0.4) is 0 Å². The van der Waals surface area contributed by atoms with E-state index in [0.29, 0.717) is 25.9 Å². The smallest absolute Gasteiger partial charge is 0.321 e. The van der Waals surface area contributed by atoms with E-state index in [9.17, 15) is 9.59 Å². The van der Waals surface area contributed by atoms with Crippen LogP contribution in [0.5, 0.6) is 0 Å². The average molecular weight is 341 g/mol. The van der Waals surface area contributed by atoms with Gasteiger partial charge in [-0.05, 0) is 53.4 Å². The number of benzene rings is 1. The number of urea groups is 1. The van der Waals surface area contributed by atoms with Crippen LogP contribution >= 0.6 is 15.9 Å². The lowest BCUT2D eigenvalue weighted by molar-refractivity contribution is -0.143. The average Bonchev–Trinajstić information content (AvgIpc) is 2.42. The first-order valence-corrected chi connectivity index (χ1v) is 7.31. The lowest BCUT2D eigenvalue weighted by Crippen LogP contribution is -2.42. The highest BCUT2D eigenvalue weighted by Crippen LogP contribution is 2.24. The molecular formula is C14H17BrN2O3. The second-order valence-corrected chi connectivity index (χ2v) is 5.87. The number of carboxylic acids is 1. The van der Waals surface area contributed by atoms with Crippen molar-refractivity contribution in [2.45, 2.75) is 19.8 Å². The van der Waals surface area contributed by atoms with Crippen molar-refractivity contribution in [3.05, 3.63) is 28.2 Å². The van der Waals surface area contributed by atoms with E-state index in [-0.39, 0.29) is 11.9 Å². The minimum atomic E-state index is -0.772. The Balaban J connectivity index is 1.94. The fourth-order valence-corrected chi connectivity index (χ4v) is 2.84. The first-order chi connectivity index (χ1) is 9.47. The van der Waals surface area contributed by atoms with Gasteiger partial charge in [0.05, 0.1) is 11.6 Å². The minimum absolute atomic E-state index is 0.182. The second kappa shape index (κ2) is 6.26. The summed E-state index contributed by atoms with van der Waals surface area (Å²) in [4.78, 5) is 24.7. The largest absolute Gasteiger partial charge is 0.481 e. The van der Waals surface area contributed by atoms with Gasteiger partial charge in [-0.15, -0.1) is 0 Å². The van der Waals surface area contributed by atoms with Crippen LogP contribution in [0.4, 0.5) is 10.5 Å². The van der Waals surface area contributed by atoms with Gasteiger partial charge in [0.15, 0.2) is 0 Å². The van der Waals surface area contributed by atoms with Crippen LogP contribution in [-0.2, 0) is 4.79 Å². The minimum Gasteiger partial charge on any atom is -0.481 e. The van der Waals surface area contributed by atoms with Gasteiger partial charge >= 0.3 is 12.0 Å². The molecule has 0 aromatic heterocycles. The Morgan fingerprint density at radius 3 is 2.55 bits per heavy atom. The van der Waals surface area contributed by atoms with Gasteiger partial charge in [0.1, 0.15) is 0 Å². The molecule has 0 unspecified atom stereocenters. The molecule has 0 bridgehead atoms. The maximum atomic E-state index is 12.1. The quantitative estimate of drug-likeness (QED) is 0.869. The normalized spacial score (nSPS) is 16.0. The summed E-state index contributed by atoms with van der Waals surface area (Å²) in [6, 6.07) is 5.53. The molecule has 1 heterocycles. The molecule has 1 aromatic rings. The van der Waals surface area contributed by atoms with E-state index in [1.807, 2.05) is 25.1 Å². The summed E-state index contributed by atoms with van der Waals surface area (Å²) in [5.74, 6) is -1.10. The van der Waals surface area contributed by atoms with Crippen molar-refractivity contribution in [2.24, 2.45) is 5.92 Å². The number of carboxylic acid groups (broad SMARTS) is 1. The number of nitrogens with one attached hydrogen (secondary N) is 1. The van der Waals surface area contributed by atoms with Crippen molar-refractivity contribution >= 4 is 33.6 Å². The number of nitrogens with zero attached hydrogens (tertiary/aromatic N) is 1. The van der Waals surface area contributed by atoms with Crippen molar-refractivity contribution in [3.63, 3.8) is 0 Å². The first kappa shape index (κ1) is 14.8. The molecule has 1 aliphatic rings. The molecule has 0 saturated carbocycles. The highest BCUT2D eigenvalue weighted by atomic mass is 79.9. The second-order valence-electron chi connectivity index (χ2n) is 5.01. The number of rotatable bonds is 2. The molecule has 2 rings (SSSR count). The number of likely N-dealkylation sites (tertiary alicyclic amines) is 1. The number of carbonyl (C=O) groups excluding carboxylic acids is 1. The lowest BCUT2D eigenvalue weighted by atomic mass is 9.97. The molecule has 108 valence electrons. The molecule has 0 aliphatic carbocycles.